The summed E-state index contributed by atoms with van der Waals surface area (Å²) >= 11 is 0. The van der Waals surface area contributed by atoms with Crippen molar-refractivity contribution in [2.75, 3.05) is 13.1 Å². The van der Waals surface area contributed by atoms with E-state index in [0.717, 1.165) is 11.1 Å². The maximum absolute atomic E-state index is 12.0. The van der Waals surface area contributed by atoms with Crippen LogP contribution in [0.5, 0.6) is 0 Å². The largest absolute Gasteiger partial charge is 0.354 e. The molecule has 1 atom stereocenters. The van der Waals surface area contributed by atoms with Gasteiger partial charge in [0, 0.05) is 31.1 Å². The Labute approximate surface area is 142 Å². The Hall–Kier alpha value is -2.66. The third-order valence-electron chi connectivity index (χ3n) is 3.65. The maximum Gasteiger partial charge on any atom is 0.251 e. The Morgan fingerprint density at radius 3 is 2.42 bits per heavy atom. The normalized spacial score (nSPS) is 11.6. The lowest BCUT2D eigenvalue weighted by Crippen LogP contribution is -2.35. The molecule has 0 radical (unpaired) electrons. The van der Waals surface area contributed by atoms with Crippen molar-refractivity contribution >= 4 is 11.8 Å². The number of aryl methyl sites for hydroxylation is 1. The molecule has 126 valence electrons. The fourth-order valence-corrected chi connectivity index (χ4v) is 2.36. The second kappa shape index (κ2) is 8.84. The molecule has 2 aromatic rings. The van der Waals surface area contributed by atoms with Crippen LogP contribution in [0.3, 0.4) is 0 Å². The first-order chi connectivity index (χ1) is 11.6. The Morgan fingerprint density at radius 2 is 1.71 bits per heavy atom. The molecule has 2 amide bonds. The molecule has 0 aromatic heterocycles. The molecule has 0 saturated carbocycles. The molecule has 5 heteroatoms. The van der Waals surface area contributed by atoms with E-state index in [2.05, 4.69) is 10.6 Å². The maximum atomic E-state index is 12.0. The van der Waals surface area contributed by atoms with E-state index in [1.165, 1.54) is 0 Å². The van der Waals surface area contributed by atoms with E-state index in [1.54, 1.807) is 6.07 Å². The van der Waals surface area contributed by atoms with E-state index in [0.29, 0.717) is 18.7 Å². The summed E-state index contributed by atoms with van der Waals surface area (Å²) in [7, 11) is 0. The molecule has 24 heavy (non-hydrogen) atoms. The van der Waals surface area contributed by atoms with Gasteiger partial charge in [0.05, 0.1) is 0 Å². The second-order valence-electron chi connectivity index (χ2n) is 5.70. The molecule has 0 saturated heterocycles. The lowest BCUT2D eigenvalue weighted by atomic mass is 10.0. The molecule has 0 bridgehead atoms. The van der Waals surface area contributed by atoms with Crippen molar-refractivity contribution in [3.63, 3.8) is 0 Å². The van der Waals surface area contributed by atoms with Crippen molar-refractivity contribution in [1.29, 1.82) is 0 Å². The molecule has 0 aliphatic heterocycles. The van der Waals surface area contributed by atoms with Crippen LogP contribution in [-0.4, -0.2) is 24.9 Å². The van der Waals surface area contributed by atoms with E-state index < -0.39 is 0 Å². The van der Waals surface area contributed by atoms with Gasteiger partial charge >= 0.3 is 0 Å². The standard InChI is InChI=1S/C19H23N3O2/c1-14-6-5-9-16(12-14)19(24)22-11-10-21-18(23)13-17(20)15-7-3-2-4-8-15/h2-9,12,17H,10-11,13,20H2,1H3,(H,21,23)(H,22,24). The molecule has 0 spiro atoms. The third-order valence-corrected chi connectivity index (χ3v) is 3.65. The van der Waals surface area contributed by atoms with Crippen molar-refractivity contribution in [2.24, 2.45) is 5.73 Å². The number of carbonyl (C=O) groups excluding carboxylic acids is 2. The first-order valence-electron chi connectivity index (χ1n) is 7.98. The highest BCUT2D eigenvalue weighted by Crippen LogP contribution is 2.12. The third kappa shape index (κ3) is 5.52. The quantitative estimate of drug-likeness (QED) is 0.680. The molecule has 0 fully saturated rings. The lowest BCUT2D eigenvalue weighted by Gasteiger charge is -2.12. The van der Waals surface area contributed by atoms with Crippen molar-refractivity contribution < 1.29 is 9.59 Å². The van der Waals surface area contributed by atoms with Crippen molar-refractivity contribution in [3.8, 4) is 0 Å². The monoisotopic (exact) mass is 325 g/mol. The van der Waals surface area contributed by atoms with Crippen LogP contribution in [0.1, 0.15) is 33.9 Å². The minimum atomic E-state index is -0.326. The number of nitrogens with two attached hydrogens (primary N) is 1. The summed E-state index contributed by atoms with van der Waals surface area (Å²) in [6.45, 7) is 2.68. The van der Waals surface area contributed by atoms with Gasteiger partial charge in [0.25, 0.3) is 5.91 Å². The zero-order valence-corrected chi connectivity index (χ0v) is 13.8. The molecule has 0 heterocycles. The van der Waals surface area contributed by atoms with Gasteiger partial charge in [0.1, 0.15) is 0 Å². The summed E-state index contributed by atoms with van der Waals surface area (Å²) in [5, 5.41) is 5.55. The van der Waals surface area contributed by atoms with Crippen LogP contribution in [0.15, 0.2) is 54.6 Å². The average molecular weight is 325 g/mol. The SMILES string of the molecule is Cc1cccc(C(=O)NCCNC(=O)CC(N)c2ccccc2)c1. The van der Waals surface area contributed by atoms with E-state index >= 15 is 0 Å². The van der Waals surface area contributed by atoms with Crippen LogP contribution in [0, 0.1) is 6.92 Å². The zero-order valence-electron chi connectivity index (χ0n) is 13.8. The zero-order chi connectivity index (χ0) is 17.4. The molecular weight excluding hydrogens is 302 g/mol. The summed E-state index contributed by atoms with van der Waals surface area (Å²) in [5.41, 5.74) is 8.59. The fraction of sp³-hybridized carbons (Fsp3) is 0.263. The Kier molecular flexibility index (Phi) is 6.51. The topological polar surface area (TPSA) is 84.2 Å². The molecule has 2 rings (SSSR count). The Balaban J connectivity index is 1.68. The summed E-state index contributed by atoms with van der Waals surface area (Å²) in [5.74, 6) is -0.273. The van der Waals surface area contributed by atoms with Gasteiger partial charge in [-0.3, -0.25) is 9.59 Å². The van der Waals surface area contributed by atoms with Gasteiger partial charge in [-0.1, -0.05) is 48.0 Å². The second-order valence-corrected chi connectivity index (χ2v) is 5.70. The van der Waals surface area contributed by atoms with Gasteiger partial charge in [0.15, 0.2) is 0 Å². The predicted octanol–water partition coefficient (Wildman–Crippen LogP) is 1.93. The minimum Gasteiger partial charge on any atom is -0.354 e. The highest BCUT2D eigenvalue weighted by Gasteiger charge is 2.11. The molecule has 0 aliphatic rings. The molecule has 1 unspecified atom stereocenters. The van der Waals surface area contributed by atoms with Crippen LogP contribution in [0.2, 0.25) is 0 Å². The summed E-state index contributed by atoms with van der Waals surface area (Å²) in [4.78, 5) is 23.8. The number of nitrogens with one attached hydrogen (secondary N) is 2. The number of amides is 2. The van der Waals surface area contributed by atoms with Crippen molar-refractivity contribution in [2.45, 2.75) is 19.4 Å². The molecule has 0 aliphatic carbocycles. The Morgan fingerprint density at radius 1 is 1.00 bits per heavy atom. The van der Waals surface area contributed by atoms with Crippen molar-refractivity contribution in [1.82, 2.24) is 10.6 Å². The molecule has 2 aromatic carbocycles. The van der Waals surface area contributed by atoms with Gasteiger partial charge in [-0.05, 0) is 24.6 Å². The lowest BCUT2D eigenvalue weighted by molar-refractivity contribution is -0.121. The van der Waals surface area contributed by atoms with Crippen LogP contribution < -0.4 is 16.4 Å². The number of hydrogen-bond donors (Lipinski definition) is 3. The average Bonchev–Trinajstić information content (AvgIpc) is 2.59. The van der Waals surface area contributed by atoms with Crippen LogP contribution >= 0.6 is 0 Å². The summed E-state index contributed by atoms with van der Waals surface area (Å²) < 4.78 is 0. The van der Waals surface area contributed by atoms with Gasteiger partial charge in [-0.25, -0.2) is 0 Å². The predicted molar refractivity (Wildman–Crippen MR) is 94.5 cm³/mol. The summed E-state index contributed by atoms with van der Waals surface area (Å²) in [6.07, 6.45) is 0.218. The summed E-state index contributed by atoms with van der Waals surface area (Å²) in [6, 6.07) is 16.6. The van der Waals surface area contributed by atoms with Gasteiger partial charge in [-0.2, -0.15) is 0 Å². The van der Waals surface area contributed by atoms with Crippen molar-refractivity contribution in [3.05, 3.63) is 71.3 Å². The Bertz CT molecular complexity index is 686. The molecule has 4 N–H and O–H groups in total. The van der Waals surface area contributed by atoms with Crippen LogP contribution in [-0.2, 0) is 4.79 Å². The number of rotatable bonds is 7. The van der Waals surface area contributed by atoms with Gasteiger partial charge in [-0.15, -0.1) is 0 Å². The van der Waals surface area contributed by atoms with E-state index in [9.17, 15) is 9.59 Å². The number of hydrogen-bond acceptors (Lipinski definition) is 3. The highest BCUT2D eigenvalue weighted by molar-refractivity contribution is 5.94. The van der Waals surface area contributed by atoms with E-state index in [1.807, 2.05) is 55.5 Å². The molecular formula is C19H23N3O2. The smallest absolute Gasteiger partial charge is 0.251 e. The molecule has 5 nitrogen and oxygen atoms in total. The van der Waals surface area contributed by atoms with Gasteiger partial charge in [0.2, 0.25) is 5.91 Å². The van der Waals surface area contributed by atoms with Gasteiger partial charge < -0.3 is 16.4 Å². The van der Waals surface area contributed by atoms with E-state index in [-0.39, 0.29) is 24.3 Å². The first-order valence-corrected chi connectivity index (χ1v) is 7.98. The number of benzene rings is 2. The van der Waals surface area contributed by atoms with Crippen LogP contribution in [0.25, 0.3) is 0 Å². The van der Waals surface area contributed by atoms with Crippen LogP contribution in [0.4, 0.5) is 0 Å². The minimum absolute atomic E-state index is 0.129. The number of carbonyl (C=O) groups is 2. The van der Waals surface area contributed by atoms with E-state index in [4.69, 9.17) is 5.73 Å². The fourth-order valence-electron chi connectivity index (χ4n) is 2.36. The highest BCUT2D eigenvalue weighted by atomic mass is 16.2. The first kappa shape index (κ1) is 17.7.